The first kappa shape index (κ1) is 17.7. The molecule has 1 saturated heterocycles. The van der Waals surface area contributed by atoms with Crippen LogP contribution in [0.25, 0.3) is 0 Å². The highest BCUT2D eigenvalue weighted by Crippen LogP contribution is 2.27. The second-order valence-electron chi connectivity index (χ2n) is 5.90. The highest BCUT2D eigenvalue weighted by Gasteiger charge is 2.28. The quantitative estimate of drug-likeness (QED) is 0.766. The van der Waals surface area contributed by atoms with Gasteiger partial charge in [0.25, 0.3) is 0 Å². The average molecular weight is 341 g/mol. The van der Waals surface area contributed by atoms with E-state index < -0.39 is 16.0 Å². The molecule has 0 N–H and O–H groups in total. The summed E-state index contributed by atoms with van der Waals surface area (Å²) >= 11 is 0. The molecule has 0 unspecified atom stereocenters. The minimum absolute atomic E-state index is 0.201. The van der Waals surface area contributed by atoms with Crippen molar-refractivity contribution in [2.75, 3.05) is 26.8 Å². The number of aryl methyl sites for hydroxylation is 1. The Balaban J connectivity index is 2.17. The van der Waals surface area contributed by atoms with E-state index in [1.54, 1.807) is 23.4 Å². The zero-order valence-corrected chi connectivity index (χ0v) is 14.6. The smallest absolute Gasteiger partial charge is 0.343 e. The molecule has 0 aromatic heterocycles. The molecule has 128 valence electrons. The fourth-order valence-electron chi connectivity index (χ4n) is 2.65. The summed E-state index contributed by atoms with van der Waals surface area (Å²) in [5, 5.41) is 0. The monoisotopic (exact) mass is 341 g/mol. The third kappa shape index (κ3) is 4.23. The molecule has 23 heavy (non-hydrogen) atoms. The Morgan fingerprint density at radius 3 is 2.74 bits per heavy atom. The first-order chi connectivity index (χ1) is 10.8. The number of carbonyl (C=O) groups is 1. The Labute approximate surface area is 137 Å². The minimum Gasteiger partial charge on any atom is -0.482 e. The number of ether oxygens (including phenoxy) is 2. The van der Waals surface area contributed by atoms with Gasteiger partial charge < -0.3 is 9.47 Å². The van der Waals surface area contributed by atoms with Crippen molar-refractivity contribution in [1.29, 1.82) is 0 Å². The molecule has 0 saturated carbocycles. The average Bonchev–Trinajstić information content (AvgIpc) is 2.53. The third-order valence-corrected chi connectivity index (χ3v) is 5.84. The largest absolute Gasteiger partial charge is 0.482 e. The van der Waals surface area contributed by atoms with Crippen LogP contribution in [-0.2, 0) is 19.6 Å². The lowest BCUT2D eigenvalue weighted by Gasteiger charge is -2.30. The molecule has 1 atom stereocenters. The van der Waals surface area contributed by atoms with E-state index in [1.807, 2.05) is 0 Å². The molecular weight excluding hydrogens is 318 g/mol. The molecule has 0 amide bonds. The second kappa shape index (κ2) is 7.31. The van der Waals surface area contributed by atoms with Crippen molar-refractivity contribution in [3.63, 3.8) is 0 Å². The molecule has 1 fully saturated rings. The lowest BCUT2D eigenvalue weighted by molar-refractivity contribution is -0.142. The van der Waals surface area contributed by atoms with Crippen LogP contribution in [0.4, 0.5) is 0 Å². The summed E-state index contributed by atoms with van der Waals surface area (Å²) in [6.45, 7) is 4.74. The summed E-state index contributed by atoms with van der Waals surface area (Å²) < 4.78 is 36.8. The van der Waals surface area contributed by atoms with Gasteiger partial charge in [0, 0.05) is 13.1 Å². The highest BCUT2D eigenvalue weighted by molar-refractivity contribution is 7.89. The van der Waals surface area contributed by atoms with Crippen LogP contribution in [0, 0.1) is 12.8 Å². The Hall–Kier alpha value is -1.60. The molecule has 1 aromatic carbocycles. The Bertz CT molecular complexity index is 671. The van der Waals surface area contributed by atoms with Crippen LogP contribution in [0.1, 0.15) is 25.3 Å². The number of hydrogen-bond acceptors (Lipinski definition) is 5. The van der Waals surface area contributed by atoms with Gasteiger partial charge in [-0.2, -0.15) is 4.31 Å². The normalized spacial score (nSPS) is 19.3. The van der Waals surface area contributed by atoms with Crippen molar-refractivity contribution in [3.8, 4) is 5.75 Å². The van der Waals surface area contributed by atoms with Crippen LogP contribution >= 0.6 is 0 Å². The molecule has 2 rings (SSSR count). The van der Waals surface area contributed by atoms with Gasteiger partial charge in [0.05, 0.1) is 12.0 Å². The van der Waals surface area contributed by atoms with Crippen LogP contribution in [0.2, 0.25) is 0 Å². The second-order valence-corrected chi connectivity index (χ2v) is 7.84. The molecule has 1 heterocycles. The van der Waals surface area contributed by atoms with Crippen LogP contribution in [0.15, 0.2) is 23.1 Å². The first-order valence-electron chi connectivity index (χ1n) is 7.65. The van der Waals surface area contributed by atoms with E-state index in [4.69, 9.17) is 4.74 Å². The maximum atomic E-state index is 12.7. The van der Waals surface area contributed by atoms with E-state index in [0.29, 0.717) is 30.3 Å². The number of piperidine rings is 1. The Morgan fingerprint density at radius 2 is 2.13 bits per heavy atom. The zero-order chi connectivity index (χ0) is 17.0. The number of esters is 1. The number of rotatable bonds is 5. The maximum Gasteiger partial charge on any atom is 0.343 e. The van der Waals surface area contributed by atoms with Crippen molar-refractivity contribution in [1.82, 2.24) is 4.31 Å². The van der Waals surface area contributed by atoms with Crippen molar-refractivity contribution in [2.24, 2.45) is 5.92 Å². The zero-order valence-electron chi connectivity index (χ0n) is 13.7. The summed E-state index contributed by atoms with van der Waals surface area (Å²) in [5.74, 6) is 0.368. The van der Waals surface area contributed by atoms with E-state index in [9.17, 15) is 13.2 Å². The van der Waals surface area contributed by atoms with Gasteiger partial charge in [-0.3, -0.25) is 0 Å². The number of benzene rings is 1. The van der Waals surface area contributed by atoms with Crippen molar-refractivity contribution in [2.45, 2.75) is 31.6 Å². The van der Waals surface area contributed by atoms with Crippen molar-refractivity contribution in [3.05, 3.63) is 23.8 Å². The third-order valence-electron chi connectivity index (χ3n) is 3.98. The van der Waals surface area contributed by atoms with E-state index >= 15 is 0 Å². The lowest BCUT2D eigenvalue weighted by atomic mass is 10.0. The predicted molar refractivity (Wildman–Crippen MR) is 85.8 cm³/mol. The summed E-state index contributed by atoms with van der Waals surface area (Å²) in [4.78, 5) is 11.4. The SMILES string of the molecule is COC(=O)COc1ccc(S(=O)(=O)N2CCC[C@H](C)C2)cc1C. The lowest BCUT2D eigenvalue weighted by Crippen LogP contribution is -2.39. The summed E-state index contributed by atoms with van der Waals surface area (Å²) in [6.07, 6.45) is 1.95. The van der Waals surface area contributed by atoms with Crippen LogP contribution in [0.3, 0.4) is 0 Å². The summed E-state index contributed by atoms with van der Waals surface area (Å²) in [5.41, 5.74) is 0.667. The van der Waals surface area contributed by atoms with Crippen LogP contribution in [-0.4, -0.2) is 45.5 Å². The molecular formula is C16H23NO5S. The number of hydrogen-bond donors (Lipinski definition) is 0. The molecule has 7 heteroatoms. The number of sulfonamides is 1. The van der Waals surface area contributed by atoms with E-state index in [1.165, 1.54) is 13.2 Å². The Kier molecular flexibility index (Phi) is 5.64. The van der Waals surface area contributed by atoms with Gasteiger partial charge in [-0.15, -0.1) is 0 Å². The van der Waals surface area contributed by atoms with Gasteiger partial charge in [0.15, 0.2) is 6.61 Å². The van der Waals surface area contributed by atoms with Gasteiger partial charge in [-0.05, 0) is 49.4 Å². The Morgan fingerprint density at radius 1 is 1.39 bits per heavy atom. The molecule has 0 aliphatic carbocycles. The molecule has 1 aliphatic rings. The van der Waals surface area contributed by atoms with E-state index in [2.05, 4.69) is 11.7 Å². The number of methoxy groups -OCH3 is 1. The number of carbonyl (C=O) groups excluding carboxylic acids is 1. The number of nitrogens with zero attached hydrogens (tertiary/aromatic N) is 1. The van der Waals surface area contributed by atoms with E-state index in [-0.39, 0.29) is 11.5 Å². The summed E-state index contributed by atoms with van der Waals surface area (Å²) in [7, 11) is -2.20. The van der Waals surface area contributed by atoms with Gasteiger partial charge >= 0.3 is 5.97 Å². The molecule has 0 radical (unpaired) electrons. The topological polar surface area (TPSA) is 72.9 Å². The predicted octanol–water partition coefficient (Wildman–Crippen LogP) is 1.97. The van der Waals surface area contributed by atoms with E-state index in [0.717, 1.165) is 12.8 Å². The van der Waals surface area contributed by atoms with Crippen molar-refractivity contribution >= 4 is 16.0 Å². The molecule has 1 aromatic rings. The van der Waals surface area contributed by atoms with Crippen molar-refractivity contribution < 1.29 is 22.7 Å². The standard InChI is InChI=1S/C16H23NO5S/c1-12-5-4-8-17(10-12)23(19,20)14-6-7-15(13(2)9-14)22-11-16(18)21-3/h6-7,9,12H,4-5,8,10-11H2,1-3H3/t12-/m0/s1. The molecule has 6 nitrogen and oxygen atoms in total. The van der Waals surface area contributed by atoms with Gasteiger partial charge in [-0.1, -0.05) is 6.92 Å². The van der Waals surface area contributed by atoms with Crippen LogP contribution < -0.4 is 4.74 Å². The van der Waals surface area contributed by atoms with Gasteiger partial charge in [0.1, 0.15) is 5.75 Å². The fourth-order valence-corrected chi connectivity index (χ4v) is 4.34. The van der Waals surface area contributed by atoms with Gasteiger partial charge in [0.2, 0.25) is 10.0 Å². The molecule has 0 spiro atoms. The van der Waals surface area contributed by atoms with Gasteiger partial charge in [-0.25, -0.2) is 13.2 Å². The fraction of sp³-hybridized carbons (Fsp3) is 0.562. The molecule has 0 bridgehead atoms. The maximum absolute atomic E-state index is 12.7. The summed E-state index contributed by atoms with van der Waals surface area (Å²) in [6, 6.07) is 4.69. The highest BCUT2D eigenvalue weighted by atomic mass is 32.2. The van der Waals surface area contributed by atoms with Crippen LogP contribution in [0.5, 0.6) is 5.75 Å². The minimum atomic E-state index is -3.48. The molecule has 1 aliphatic heterocycles. The first-order valence-corrected chi connectivity index (χ1v) is 9.09.